The van der Waals surface area contributed by atoms with Crippen molar-refractivity contribution in [2.75, 3.05) is 6.61 Å². The van der Waals surface area contributed by atoms with E-state index in [1.165, 1.54) is 23.9 Å². The average molecular weight is 424 g/mol. The van der Waals surface area contributed by atoms with E-state index in [0.29, 0.717) is 29.1 Å². The van der Waals surface area contributed by atoms with Crippen LogP contribution in [0.3, 0.4) is 0 Å². The fourth-order valence-electron chi connectivity index (χ4n) is 2.87. The fourth-order valence-corrected chi connectivity index (χ4v) is 3.95. The third-order valence-electron chi connectivity index (χ3n) is 4.23. The van der Waals surface area contributed by atoms with Crippen LogP contribution < -0.4 is 5.48 Å². The fraction of sp³-hybridized carbons (Fsp3) is 0.130. The van der Waals surface area contributed by atoms with E-state index in [0.717, 1.165) is 15.9 Å². The molecule has 0 radical (unpaired) electrons. The van der Waals surface area contributed by atoms with Gasteiger partial charge < -0.3 is 5.11 Å². The predicted octanol–water partition coefficient (Wildman–Crippen LogP) is 5.46. The Hall–Kier alpha value is -3.16. The van der Waals surface area contributed by atoms with E-state index < -0.39 is 11.7 Å². The normalized spacial score (nSPS) is 13.6. The Morgan fingerprint density at radius 2 is 2.13 bits per heavy atom. The molecule has 0 bridgehead atoms. The number of aliphatic imine (C=N–C) groups is 1. The van der Waals surface area contributed by atoms with Crippen molar-refractivity contribution in [3.8, 4) is 5.75 Å². The number of carbonyl (C=O) groups is 1. The van der Waals surface area contributed by atoms with Gasteiger partial charge in [0.2, 0.25) is 0 Å². The van der Waals surface area contributed by atoms with Crippen molar-refractivity contribution in [3.63, 3.8) is 0 Å². The largest absolute Gasteiger partial charge is 0.508 e. The quantitative estimate of drug-likeness (QED) is 0.605. The van der Waals surface area contributed by atoms with Gasteiger partial charge in [-0.3, -0.25) is 9.63 Å². The zero-order chi connectivity index (χ0) is 21.7. The molecule has 2 aromatic carbocycles. The number of rotatable bonds is 6. The Morgan fingerprint density at radius 1 is 1.33 bits per heavy atom. The minimum Gasteiger partial charge on any atom is -0.508 e. The van der Waals surface area contributed by atoms with Gasteiger partial charge in [0.1, 0.15) is 11.6 Å². The van der Waals surface area contributed by atoms with Crippen molar-refractivity contribution in [2.45, 2.75) is 18.7 Å². The Kier molecular flexibility index (Phi) is 6.87. The maximum atomic E-state index is 14.7. The first-order valence-corrected chi connectivity index (χ1v) is 10.1. The first-order valence-electron chi connectivity index (χ1n) is 9.29. The summed E-state index contributed by atoms with van der Waals surface area (Å²) in [7, 11) is 0. The van der Waals surface area contributed by atoms with Crippen LogP contribution in [0.1, 0.15) is 29.8 Å². The van der Waals surface area contributed by atoms with Gasteiger partial charge in [-0.05, 0) is 44.2 Å². The number of allylic oxidation sites excluding steroid dienone is 4. The van der Waals surface area contributed by atoms with Crippen molar-refractivity contribution in [1.82, 2.24) is 5.48 Å². The highest BCUT2D eigenvalue weighted by Gasteiger charge is 2.22. The molecule has 154 valence electrons. The highest BCUT2D eigenvalue weighted by atomic mass is 32.2. The molecule has 3 rings (SSSR count). The topological polar surface area (TPSA) is 70.9 Å². The molecule has 5 nitrogen and oxygen atoms in total. The van der Waals surface area contributed by atoms with Crippen molar-refractivity contribution >= 4 is 29.1 Å². The molecule has 0 atom stereocenters. The van der Waals surface area contributed by atoms with E-state index in [1.807, 2.05) is 19.1 Å². The Labute approximate surface area is 178 Å². The van der Waals surface area contributed by atoms with Crippen molar-refractivity contribution < 1.29 is 19.1 Å². The van der Waals surface area contributed by atoms with Crippen LogP contribution in [0.15, 0.2) is 81.6 Å². The third kappa shape index (κ3) is 4.53. The highest BCUT2D eigenvalue weighted by molar-refractivity contribution is 8.03. The maximum absolute atomic E-state index is 14.7. The van der Waals surface area contributed by atoms with Crippen molar-refractivity contribution in [1.29, 1.82) is 0 Å². The minimum absolute atomic E-state index is 0.173. The number of phenolic OH excluding ortho intramolecular Hbond substituents is 1. The molecular weight excluding hydrogens is 403 g/mol. The van der Waals surface area contributed by atoms with Crippen molar-refractivity contribution in [2.24, 2.45) is 4.99 Å². The lowest BCUT2D eigenvalue weighted by Gasteiger charge is -2.10. The second-order valence-corrected chi connectivity index (χ2v) is 7.34. The Balaban J connectivity index is 2.21. The summed E-state index contributed by atoms with van der Waals surface area (Å²) in [5.74, 6) is -1.17. The molecule has 1 aliphatic rings. The summed E-state index contributed by atoms with van der Waals surface area (Å²) in [6.45, 7) is 7.88. The molecule has 1 heterocycles. The third-order valence-corrected chi connectivity index (χ3v) is 5.37. The SMILES string of the molecule is C=CC1=C(/C=C\C)Sc2ccc(C(=O)NOCC)cc2N=C1c1ccc(O)cc1F. The van der Waals surface area contributed by atoms with Crippen LogP contribution in [0.5, 0.6) is 5.75 Å². The van der Waals surface area contributed by atoms with Gasteiger partial charge in [-0.25, -0.2) is 14.9 Å². The first-order chi connectivity index (χ1) is 14.5. The lowest BCUT2D eigenvalue weighted by atomic mass is 10.0. The molecule has 2 aromatic rings. The van der Waals surface area contributed by atoms with Crippen LogP contribution in [-0.4, -0.2) is 23.3 Å². The van der Waals surface area contributed by atoms with Gasteiger partial charge in [0.05, 0.1) is 18.0 Å². The maximum Gasteiger partial charge on any atom is 0.274 e. The molecular formula is C23H21FN2O3S. The number of nitrogens with one attached hydrogen (secondary N) is 1. The number of nitrogens with zero attached hydrogens (tertiary/aromatic N) is 1. The molecule has 7 heteroatoms. The molecule has 0 unspecified atom stereocenters. The average Bonchev–Trinajstić information content (AvgIpc) is 2.87. The highest BCUT2D eigenvalue weighted by Crippen LogP contribution is 2.42. The number of thioether (sulfide) groups is 1. The second-order valence-electron chi connectivity index (χ2n) is 6.26. The van der Waals surface area contributed by atoms with E-state index in [9.17, 15) is 14.3 Å². The molecule has 1 amide bonds. The second kappa shape index (κ2) is 9.56. The number of fused-ring (bicyclic) bond motifs is 1. The summed E-state index contributed by atoms with van der Waals surface area (Å²) in [6, 6.07) is 9.03. The summed E-state index contributed by atoms with van der Waals surface area (Å²) < 4.78 is 14.7. The molecule has 0 fully saturated rings. The van der Waals surface area contributed by atoms with E-state index >= 15 is 0 Å². The van der Waals surface area contributed by atoms with Gasteiger partial charge in [0.25, 0.3) is 5.91 Å². The van der Waals surface area contributed by atoms with Crippen LogP contribution >= 0.6 is 11.8 Å². The number of aromatic hydroxyl groups is 1. The number of phenols is 1. The van der Waals surface area contributed by atoms with Crippen LogP contribution in [0, 0.1) is 5.82 Å². The van der Waals surface area contributed by atoms with E-state index in [1.54, 1.807) is 31.2 Å². The Bertz CT molecular complexity index is 1090. The summed E-state index contributed by atoms with van der Waals surface area (Å²) in [4.78, 5) is 23.6. The van der Waals surface area contributed by atoms with Gasteiger partial charge in [-0.2, -0.15) is 0 Å². The molecule has 0 aromatic heterocycles. The minimum atomic E-state index is -0.605. The van der Waals surface area contributed by atoms with Gasteiger partial charge in [0, 0.05) is 32.6 Å². The molecule has 1 aliphatic heterocycles. The number of hydrogen-bond acceptors (Lipinski definition) is 5. The predicted molar refractivity (Wildman–Crippen MR) is 118 cm³/mol. The van der Waals surface area contributed by atoms with E-state index in [2.05, 4.69) is 12.1 Å². The van der Waals surface area contributed by atoms with Crippen LogP contribution in [0.4, 0.5) is 10.1 Å². The van der Waals surface area contributed by atoms with Crippen molar-refractivity contribution in [3.05, 3.63) is 88.6 Å². The molecule has 0 saturated heterocycles. The number of hydroxylamine groups is 1. The van der Waals surface area contributed by atoms with E-state index in [-0.39, 0.29) is 11.3 Å². The van der Waals surface area contributed by atoms with Gasteiger partial charge >= 0.3 is 0 Å². The monoisotopic (exact) mass is 424 g/mol. The molecule has 2 N–H and O–H groups in total. The number of benzene rings is 2. The number of carbonyl (C=O) groups excluding carboxylic acids is 1. The molecule has 0 saturated carbocycles. The zero-order valence-electron chi connectivity index (χ0n) is 16.6. The zero-order valence-corrected chi connectivity index (χ0v) is 17.4. The smallest absolute Gasteiger partial charge is 0.274 e. The lowest BCUT2D eigenvalue weighted by molar-refractivity contribution is 0.0364. The summed E-state index contributed by atoms with van der Waals surface area (Å²) in [6.07, 6.45) is 5.41. The lowest BCUT2D eigenvalue weighted by Crippen LogP contribution is -2.23. The van der Waals surface area contributed by atoms with Crippen LogP contribution in [-0.2, 0) is 4.84 Å². The molecule has 30 heavy (non-hydrogen) atoms. The summed E-state index contributed by atoms with van der Waals surface area (Å²) in [5, 5.41) is 9.59. The van der Waals surface area contributed by atoms with Gasteiger partial charge in [-0.1, -0.05) is 36.6 Å². The molecule has 0 aliphatic carbocycles. The summed E-state index contributed by atoms with van der Waals surface area (Å²) in [5.41, 5.74) is 4.49. The van der Waals surface area contributed by atoms with Gasteiger partial charge in [0.15, 0.2) is 0 Å². The Morgan fingerprint density at radius 3 is 2.80 bits per heavy atom. The van der Waals surface area contributed by atoms with Crippen LogP contribution in [0.25, 0.3) is 0 Å². The standard InChI is InChI=1S/C23H21FN2O3S/c1-4-7-20-16(5-2)22(17-10-9-15(27)13-18(17)24)25-19-12-14(8-11-21(19)30-20)23(28)26-29-6-3/h4-5,7-13,27H,2,6H2,1,3H3,(H,26,28)/b7-4-. The molecule has 0 spiro atoms. The van der Waals surface area contributed by atoms with Gasteiger partial charge in [-0.15, -0.1) is 0 Å². The van der Waals surface area contributed by atoms with E-state index in [4.69, 9.17) is 9.83 Å². The first kappa shape index (κ1) is 21.5. The van der Waals surface area contributed by atoms with Crippen LogP contribution in [0.2, 0.25) is 0 Å². The number of hydrogen-bond donors (Lipinski definition) is 2. The summed E-state index contributed by atoms with van der Waals surface area (Å²) >= 11 is 1.45. The number of amides is 1. The number of halogens is 1.